The van der Waals surface area contributed by atoms with Gasteiger partial charge in [0.05, 0.1) is 24.4 Å². The zero-order valence-corrected chi connectivity index (χ0v) is 23.4. The maximum absolute atomic E-state index is 5.94. The minimum absolute atomic E-state index is 0.469. The standard InChI is InChI=1S/C31H56O4/c1-32-26-13-5-9-22(17-26)30(23-10-6-14-27(18-23)33-2)21-31(24-11-7-15-28(19-24)34-3)25-12-8-16-29(20-25)35-4/h22-31H,5-21H2,1-4H3. The molecule has 204 valence electrons. The van der Waals surface area contributed by atoms with Crippen molar-refractivity contribution in [2.75, 3.05) is 28.4 Å². The van der Waals surface area contributed by atoms with E-state index in [1.165, 1.54) is 109 Å². The Morgan fingerprint density at radius 1 is 0.429 bits per heavy atom. The van der Waals surface area contributed by atoms with Crippen LogP contribution in [0.25, 0.3) is 0 Å². The quantitative estimate of drug-likeness (QED) is 0.318. The van der Waals surface area contributed by atoms with Crippen LogP contribution in [0.2, 0.25) is 0 Å². The van der Waals surface area contributed by atoms with E-state index in [-0.39, 0.29) is 0 Å². The number of ether oxygens (including phenoxy) is 4. The minimum atomic E-state index is 0.469. The Morgan fingerprint density at radius 2 is 0.686 bits per heavy atom. The Labute approximate surface area is 216 Å². The SMILES string of the molecule is COC1CCCC(C(CC(C2CCCC(OC)C2)C2CCCC(OC)C2)C2CCCC(OC)C2)C1. The first kappa shape index (κ1) is 27.9. The molecule has 8 atom stereocenters. The van der Waals surface area contributed by atoms with E-state index in [4.69, 9.17) is 18.9 Å². The monoisotopic (exact) mass is 492 g/mol. The number of hydrogen-bond donors (Lipinski definition) is 0. The second kappa shape index (κ2) is 14.1. The Hall–Kier alpha value is -0.160. The Kier molecular flexibility index (Phi) is 11.2. The van der Waals surface area contributed by atoms with E-state index in [0.29, 0.717) is 24.4 Å². The van der Waals surface area contributed by atoms with Gasteiger partial charge in [-0.2, -0.15) is 0 Å². The van der Waals surface area contributed by atoms with Crippen LogP contribution in [-0.4, -0.2) is 52.9 Å². The van der Waals surface area contributed by atoms with Crippen LogP contribution in [0.3, 0.4) is 0 Å². The third kappa shape index (κ3) is 7.45. The first-order valence-electron chi connectivity index (χ1n) is 15.3. The van der Waals surface area contributed by atoms with Gasteiger partial charge in [0.25, 0.3) is 0 Å². The summed E-state index contributed by atoms with van der Waals surface area (Å²) in [5.74, 6) is 4.92. The molecule has 4 nitrogen and oxygen atoms in total. The largest absolute Gasteiger partial charge is 0.381 e. The van der Waals surface area contributed by atoms with Crippen molar-refractivity contribution < 1.29 is 18.9 Å². The average Bonchev–Trinajstić information content (AvgIpc) is 2.93. The number of methoxy groups -OCH3 is 4. The van der Waals surface area contributed by atoms with Crippen LogP contribution in [-0.2, 0) is 18.9 Å². The van der Waals surface area contributed by atoms with E-state index >= 15 is 0 Å². The molecule has 0 spiro atoms. The summed E-state index contributed by atoms with van der Waals surface area (Å²) in [7, 11) is 7.75. The van der Waals surface area contributed by atoms with Gasteiger partial charge in [0.2, 0.25) is 0 Å². The van der Waals surface area contributed by atoms with Crippen molar-refractivity contribution in [3.8, 4) is 0 Å². The van der Waals surface area contributed by atoms with Gasteiger partial charge in [0, 0.05) is 28.4 Å². The highest BCUT2D eigenvalue weighted by atomic mass is 16.5. The minimum Gasteiger partial charge on any atom is -0.381 e. The first-order valence-corrected chi connectivity index (χ1v) is 15.3. The van der Waals surface area contributed by atoms with Gasteiger partial charge >= 0.3 is 0 Å². The van der Waals surface area contributed by atoms with E-state index in [0.717, 1.165) is 35.5 Å². The molecule has 8 unspecified atom stereocenters. The molecule has 0 N–H and O–H groups in total. The maximum Gasteiger partial charge on any atom is 0.0574 e. The normalized spacial score (nSPS) is 40.8. The van der Waals surface area contributed by atoms with Gasteiger partial charge in [-0.15, -0.1) is 0 Å². The van der Waals surface area contributed by atoms with Crippen molar-refractivity contribution in [1.82, 2.24) is 0 Å². The maximum atomic E-state index is 5.94. The second-order valence-corrected chi connectivity index (χ2v) is 12.7. The highest BCUT2D eigenvalue weighted by Gasteiger charge is 2.42. The molecular formula is C31H56O4. The van der Waals surface area contributed by atoms with Crippen LogP contribution in [0.15, 0.2) is 0 Å². The molecule has 4 aliphatic rings. The van der Waals surface area contributed by atoms with Crippen molar-refractivity contribution in [2.45, 2.75) is 134 Å². The van der Waals surface area contributed by atoms with Gasteiger partial charge < -0.3 is 18.9 Å². The van der Waals surface area contributed by atoms with Crippen molar-refractivity contribution in [2.24, 2.45) is 35.5 Å². The molecule has 4 saturated carbocycles. The summed E-state index contributed by atoms with van der Waals surface area (Å²) in [4.78, 5) is 0. The van der Waals surface area contributed by atoms with E-state index < -0.39 is 0 Å². The zero-order chi connectivity index (χ0) is 24.6. The van der Waals surface area contributed by atoms with Crippen LogP contribution in [0, 0.1) is 35.5 Å². The molecular weight excluding hydrogens is 436 g/mol. The van der Waals surface area contributed by atoms with E-state index in [1.807, 2.05) is 28.4 Å². The van der Waals surface area contributed by atoms with Gasteiger partial charge in [-0.3, -0.25) is 0 Å². The second-order valence-electron chi connectivity index (χ2n) is 12.7. The summed E-state index contributed by atoms with van der Waals surface area (Å²) in [6, 6.07) is 0. The van der Waals surface area contributed by atoms with Crippen molar-refractivity contribution >= 4 is 0 Å². The molecule has 0 aromatic heterocycles. The Morgan fingerprint density at radius 3 is 0.914 bits per heavy atom. The molecule has 4 rings (SSSR count). The Bertz CT molecular complexity index is 499. The van der Waals surface area contributed by atoms with Crippen molar-refractivity contribution in [1.29, 1.82) is 0 Å². The van der Waals surface area contributed by atoms with Crippen LogP contribution in [0.1, 0.15) is 109 Å². The van der Waals surface area contributed by atoms with Gasteiger partial charge in [-0.25, -0.2) is 0 Å². The van der Waals surface area contributed by atoms with Crippen LogP contribution < -0.4 is 0 Å². The fourth-order valence-electron chi connectivity index (χ4n) is 8.99. The number of hydrogen-bond acceptors (Lipinski definition) is 4. The molecule has 35 heavy (non-hydrogen) atoms. The smallest absolute Gasteiger partial charge is 0.0574 e. The fraction of sp³-hybridized carbons (Fsp3) is 1.00. The van der Waals surface area contributed by atoms with Crippen LogP contribution in [0.4, 0.5) is 0 Å². The average molecular weight is 493 g/mol. The first-order chi connectivity index (χ1) is 17.1. The lowest BCUT2D eigenvalue weighted by atomic mass is 9.60. The lowest BCUT2D eigenvalue weighted by molar-refractivity contribution is -0.0343. The molecule has 0 aromatic rings. The van der Waals surface area contributed by atoms with Gasteiger partial charge in [0.15, 0.2) is 0 Å². The lowest BCUT2D eigenvalue weighted by Crippen LogP contribution is -2.40. The fourth-order valence-corrected chi connectivity index (χ4v) is 8.99. The molecule has 0 aliphatic heterocycles. The predicted octanol–water partition coefficient (Wildman–Crippen LogP) is 7.43. The van der Waals surface area contributed by atoms with Gasteiger partial charge in [-0.05, 0) is 119 Å². The highest BCUT2D eigenvalue weighted by Crippen LogP contribution is 2.50. The molecule has 4 aliphatic carbocycles. The van der Waals surface area contributed by atoms with Crippen LogP contribution in [0.5, 0.6) is 0 Å². The van der Waals surface area contributed by atoms with Crippen molar-refractivity contribution in [3.05, 3.63) is 0 Å². The molecule has 0 bridgehead atoms. The molecule has 0 aromatic carbocycles. The Balaban J connectivity index is 1.58. The van der Waals surface area contributed by atoms with E-state index in [9.17, 15) is 0 Å². The topological polar surface area (TPSA) is 36.9 Å². The summed E-state index contributed by atoms with van der Waals surface area (Å²) in [6.45, 7) is 0. The molecule has 0 amide bonds. The van der Waals surface area contributed by atoms with E-state index in [2.05, 4.69) is 0 Å². The summed E-state index contributed by atoms with van der Waals surface area (Å²) >= 11 is 0. The van der Waals surface area contributed by atoms with Gasteiger partial charge in [0.1, 0.15) is 0 Å². The molecule has 4 fully saturated rings. The third-order valence-electron chi connectivity index (χ3n) is 11.0. The van der Waals surface area contributed by atoms with Gasteiger partial charge in [-0.1, -0.05) is 25.7 Å². The summed E-state index contributed by atoms with van der Waals surface area (Å²) in [6.07, 6.45) is 24.4. The molecule has 4 heteroatoms. The third-order valence-corrected chi connectivity index (χ3v) is 11.0. The lowest BCUT2D eigenvalue weighted by Gasteiger charge is -2.47. The number of rotatable bonds is 10. The summed E-state index contributed by atoms with van der Waals surface area (Å²) in [5, 5.41) is 0. The molecule has 0 radical (unpaired) electrons. The van der Waals surface area contributed by atoms with E-state index in [1.54, 1.807) is 0 Å². The van der Waals surface area contributed by atoms with Crippen LogP contribution >= 0.6 is 0 Å². The molecule has 0 saturated heterocycles. The predicted molar refractivity (Wildman–Crippen MR) is 143 cm³/mol. The summed E-state index contributed by atoms with van der Waals surface area (Å²) in [5.41, 5.74) is 0. The zero-order valence-electron chi connectivity index (χ0n) is 23.4. The van der Waals surface area contributed by atoms with Crippen molar-refractivity contribution in [3.63, 3.8) is 0 Å². The molecule has 0 heterocycles. The summed E-state index contributed by atoms with van der Waals surface area (Å²) < 4.78 is 23.8. The highest BCUT2D eigenvalue weighted by molar-refractivity contribution is 4.92.